The lowest BCUT2D eigenvalue weighted by atomic mass is 10.1. The second-order valence-corrected chi connectivity index (χ2v) is 6.61. The van der Waals surface area contributed by atoms with Crippen molar-refractivity contribution in [2.24, 2.45) is 0 Å². The number of nitrogens with one attached hydrogen (secondary N) is 2. The van der Waals surface area contributed by atoms with E-state index in [2.05, 4.69) is 9.97 Å². The quantitative estimate of drug-likeness (QED) is 0.458. The number of rotatable bonds is 4. The standard InChI is InChI=1S/C20H15Cl2N3/c21-14-8-9-17(22)16(11-14)20-19(13-5-2-1-3-6-13)24-18(25-20)12-15-7-4-10-23-15/h1-11,23H,12H2,(H,24,25). The third-order valence-electron chi connectivity index (χ3n) is 4.02. The first-order chi connectivity index (χ1) is 12.2. The molecule has 2 heterocycles. The van der Waals surface area contributed by atoms with Gasteiger partial charge < -0.3 is 9.97 Å². The Bertz CT molecular complexity index is 989. The number of nitrogens with zero attached hydrogens (tertiary/aromatic N) is 1. The first kappa shape index (κ1) is 16.0. The van der Waals surface area contributed by atoms with E-state index in [-0.39, 0.29) is 0 Å². The van der Waals surface area contributed by atoms with Gasteiger partial charge in [-0.1, -0.05) is 53.5 Å². The monoisotopic (exact) mass is 367 g/mol. The normalized spacial score (nSPS) is 11.0. The summed E-state index contributed by atoms with van der Waals surface area (Å²) in [4.78, 5) is 11.5. The first-order valence-electron chi connectivity index (χ1n) is 7.93. The van der Waals surface area contributed by atoms with E-state index < -0.39 is 0 Å². The van der Waals surface area contributed by atoms with Crippen molar-refractivity contribution in [2.45, 2.75) is 6.42 Å². The van der Waals surface area contributed by atoms with Gasteiger partial charge in [-0.3, -0.25) is 0 Å². The fourth-order valence-corrected chi connectivity index (χ4v) is 3.23. The third-order valence-corrected chi connectivity index (χ3v) is 4.58. The minimum atomic E-state index is 0.625. The van der Waals surface area contributed by atoms with Crippen molar-refractivity contribution in [3.05, 3.63) is 88.4 Å². The number of hydrogen-bond donors (Lipinski definition) is 2. The van der Waals surface area contributed by atoms with Gasteiger partial charge in [0.25, 0.3) is 0 Å². The summed E-state index contributed by atoms with van der Waals surface area (Å²) < 4.78 is 0. The molecule has 0 amide bonds. The van der Waals surface area contributed by atoms with Gasteiger partial charge in [-0.05, 0) is 30.3 Å². The van der Waals surface area contributed by atoms with Crippen LogP contribution in [0.1, 0.15) is 11.5 Å². The number of halogens is 2. The van der Waals surface area contributed by atoms with Gasteiger partial charge >= 0.3 is 0 Å². The van der Waals surface area contributed by atoms with Crippen molar-refractivity contribution >= 4 is 23.2 Å². The summed E-state index contributed by atoms with van der Waals surface area (Å²) in [6, 6.07) is 19.5. The Morgan fingerprint density at radius 2 is 1.76 bits per heavy atom. The van der Waals surface area contributed by atoms with Gasteiger partial charge in [0.2, 0.25) is 0 Å². The van der Waals surface area contributed by atoms with Crippen molar-refractivity contribution in [2.75, 3.05) is 0 Å². The van der Waals surface area contributed by atoms with E-state index in [0.29, 0.717) is 16.5 Å². The summed E-state index contributed by atoms with van der Waals surface area (Å²) in [6.07, 6.45) is 2.59. The highest BCUT2D eigenvalue weighted by Gasteiger charge is 2.17. The molecule has 0 bridgehead atoms. The zero-order chi connectivity index (χ0) is 17.2. The summed E-state index contributed by atoms with van der Waals surface area (Å²) in [7, 11) is 0. The molecule has 0 spiro atoms. The molecule has 0 unspecified atom stereocenters. The minimum Gasteiger partial charge on any atom is -0.365 e. The molecule has 0 aliphatic rings. The molecule has 2 aromatic heterocycles. The van der Waals surface area contributed by atoms with Gasteiger partial charge in [0.05, 0.1) is 16.4 Å². The van der Waals surface area contributed by atoms with E-state index in [4.69, 9.17) is 28.2 Å². The van der Waals surface area contributed by atoms with Crippen LogP contribution in [-0.2, 0) is 6.42 Å². The van der Waals surface area contributed by atoms with Gasteiger partial charge in [-0.2, -0.15) is 0 Å². The highest BCUT2D eigenvalue weighted by molar-refractivity contribution is 6.35. The number of imidazole rings is 1. The van der Waals surface area contributed by atoms with Crippen LogP contribution in [0.3, 0.4) is 0 Å². The van der Waals surface area contributed by atoms with E-state index in [0.717, 1.165) is 34.0 Å². The Kier molecular flexibility index (Phi) is 4.35. The molecule has 25 heavy (non-hydrogen) atoms. The topological polar surface area (TPSA) is 44.5 Å². The van der Waals surface area contributed by atoms with Gasteiger partial charge in [-0.25, -0.2) is 4.98 Å². The molecule has 2 aromatic carbocycles. The summed E-state index contributed by atoms with van der Waals surface area (Å²) in [5.41, 5.74) is 4.71. The van der Waals surface area contributed by atoms with Crippen LogP contribution >= 0.6 is 23.2 Å². The number of aromatic nitrogens is 3. The number of aromatic amines is 2. The molecule has 124 valence electrons. The SMILES string of the molecule is Clc1ccc(Cl)c(-c2nc(Cc3ccc[nH]3)[nH]c2-c2ccccc2)c1. The number of H-pyrrole nitrogens is 2. The lowest BCUT2D eigenvalue weighted by Crippen LogP contribution is -1.90. The lowest BCUT2D eigenvalue weighted by molar-refractivity contribution is 0.993. The zero-order valence-corrected chi connectivity index (χ0v) is 14.8. The predicted octanol–water partition coefficient (Wildman–Crippen LogP) is 5.97. The Balaban J connectivity index is 1.86. The van der Waals surface area contributed by atoms with Crippen molar-refractivity contribution in [1.82, 2.24) is 15.0 Å². The Hall–Kier alpha value is -2.49. The fraction of sp³-hybridized carbons (Fsp3) is 0.0500. The second-order valence-electron chi connectivity index (χ2n) is 5.77. The summed E-state index contributed by atoms with van der Waals surface area (Å²) >= 11 is 12.6. The average molecular weight is 368 g/mol. The predicted molar refractivity (Wildman–Crippen MR) is 103 cm³/mol. The second kappa shape index (κ2) is 6.79. The van der Waals surface area contributed by atoms with Crippen LogP contribution in [0, 0.1) is 0 Å². The van der Waals surface area contributed by atoms with Crippen LogP contribution in [0.15, 0.2) is 66.9 Å². The number of benzene rings is 2. The van der Waals surface area contributed by atoms with E-state index in [1.807, 2.05) is 54.7 Å². The van der Waals surface area contributed by atoms with Crippen LogP contribution in [0.4, 0.5) is 0 Å². The first-order valence-corrected chi connectivity index (χ1v) is 8.68. The van der Waals surface area contributed by atoms with Crippen molar-refractivity contribution < 1.29 is 0 Å². The minimum absolute atomic E-state index is 0.625. The Morgan fingerprint density at radius 3 is 2.52 bits per heavy atom. The molecule has 2 N–H and O–H groups in total. The molecule has 3 nitrogen and oxygen atoms in total. The average Bonchev–Trinajstić information content (AvgIpc) is 3.28. The van der Waals surface area contributed by atoms with Crippen molar-refractivity contribution in [1.29, 1.82) is 0 Å². The van der Waals surface area contributed by atoms with E-state index in [1.165, 1.54) is 0 Å². The summed E-state index contributed by atoms with van der Waals surface area (Å²) in [6.45, 7) is 0. The maximum Gasteiger partial charge on any atom is 0.113 e. The molecule has 0 aliphatic heterocycles. The fourth-order valence-electron chi connectivity index (χ4n) is 2.85. The molecule has 0 saturated carbocycles. The molecule has 4 aromatic rings. The van der Waals surface area contributed by atoms with Crippen LogP contribution in [0.2, 0.25) is 10.0 Å². The van der Waals surface area contributed by atoms with E-state index in [1.54, 1.807) is 12.1 Å². The molecular weight excluding hydrogens is 353 g/mol. The van der Waals surface area contributed by atoms with Crippen molar-refractivity contribution in [3.63, 3.8) is 0 Å². The molecule has 0 saturated heterocycles. The van der Waals surface area contributed by atoms with Crippen LogP contribution in [0.25, 0.3) is 22.5 Å². The van der Waals surface area contributed by atoms with E-state index >= 15 is 0 Å². The van der Waals surface area contributed by atoms with Crippen LogP contribution in [0.5, 0.6) is 0 Å². The molecule has 4 rings (SSSR count). The Morgan fingerprint density at radius 1 is 0.920 bits per heavy atom. The molecule has 0 atom stereocenters. The smallest absolute Gasteiger partial charge is 0.113 e. The molecule has 5 heteroatoms. The highest BCUT2D eigenvalue weighted by Crippen LogP contribution is 2.36. The molecule has 0 radical (unpaired) electrons. The lowest BCUT2D eigenvalue weighted by Gasteiger charge is -2.05. The number of hydrogen-bond acceptors (Lipinski definition) is 1. The Labute approximate surface area is 155 Å². The molecular formula is C20H15Cl2N3. The van der Waals surface area contributed by atoms with Gasteiger partial charge in [-0.15, -0.1) is 0 Å². The maximum atomic E-state index is 6.42. The van der Waals surface area contributed by atoms with E-state index in [9.17, 15) is 0 Å². The largest absolute Gasteiger partial charge is 0.365 e. The van der Waals surface area contributed by atoms with Crippen LogP contribution in [-0.4, -0.2) is 15.0 Å². The van der Waals surface area contributed by atoms with Gasteiger partial charge in [0.1, 0.15) is 5.82 Å². The molecule has 0 aliphatic carbocycles. The highest BCUT2D eigenvalue weighted by atomic mass is 35.5. The third kappa shape index (κ3) is 3.34. The van der Waals surface area contributed by atoms with Gasteiger partial charge in [0.15, 0.2) is 0 Å². The maximum absolute atomic E-state index is 6.42. The zero-order valence-electron chi connectivity index (χ0n) is 13.3. The van der Waals surface area contributed by atoms with Crippen LogP contribution < -0.4 is 0 Å². The molecule has 0 fully saturated rings. The summed E-state index contributed by atoms with van der Waals surface area (Å²) in [5, 5.41) is 1.26. The van der Waals surface area contributed by atoms with Crippen molar-refractivity contribution in [3.8, 4) is 22.5 Å². The van der Waals surface area contributed by atoms with Gasteiger partial charge in [0, 0.05) is 34.5 Å². The summed E-state index contributed by atoms with van der Waals surface area (Å²) in [5.74, 6) is 0.868.